The maximum Gasteiger partial charge on any atom is 0.228 e. The Balaban J connectivity index is 2.06. The van der Waals surface area contributed by atoms with Gasteiger partial charge in [0.15, 0.2) is 5.67 Å². The molecule has 92 valence electrons. The molecule has 1 fully saturated rings. The summed E-state index contributed by atoms with van der Waals surface area (Å²) in [5.41, 5.74) is -1.13. The lowest BCUT2D eigenvalue weighted by atomic mass is 9.84. The number of likely N-dealkylation sites (tertiary alicyclic amines) is 1. The van der Waals surface area contributed by atoms with Crippen LogP contribution in [-0.2, 0) is 10.5 Å². The first-order valence-electron chi connectivity index (χ1n) is 5.87. The largest absolute Gasteiger partial charge is 0.335 e. The van der Waals surface area contributed by atoms with Crippen LogP contribution in [0.1, 0.15) is 26.3 Å². The van der Waals surface area contributed by atoms with Gasteiger partial charge < -0.3 is 4.90 Å². The van der Waals surface area contributed by atoms with Crippen LogP contribution in [0.2, 0.25) is 0 Å². The van der Waals surface area contributed by atoms with Crippen molar-refractivity contribution in [1.82, 2.24) is 4.90 Å². The van der Waals surface area contributed by atoms with Crippen molar-refractivity contribution in [1.29, 1.82) is 0 Å². The Morgan fingerprint density at radius 1 is 1.24 bits per heavy atom. The molecule has 17 heavy (non-hydrogen) atoms. The molecule has 0 atom stereocenters. The summed E-state index contributed by atoms with van der Waals surface area (Å²) in [5, 5.41) is 0. The molecule has 1 saturated heterocycles. The molecule has 0 saturated carbocycles. The number of benzene rings is 1. The van der Waals surface area contributed by atoms with Gasteiger partial charge in [0.2, 0.25) is 5.91 Å². The molecule has 0 aliphatic carbocycles. The molecule has 0 aromatic heterocycles. The molecule has 1 aliphatic heterocycles. The van der Waals surface area contributed by atoms with Crippen LogP contribution < -0.4 is 0 Å². The van der Waals surface area contributed by atoms with E-state index in [0.29, 0.717) is 5.56 Å². The Morgan fingerprint density at radius 3 is 2.24 bits per heavy atom. The van der Waals surface area contributed by atoms with Crippen molar-refractivity contribution in [2.24, 2.45) is 5.41 Å². The van der Waals surface area contributed by atoms with Crippen molar-refractivity contribution >= 4 is 5.91 Å². The highest BCUT2D eigenvalue weighted by molar-refractivity contribution is 5.82. The van der Waals surface area contributed by atoms with Crippen molar-refractivity contribution in [3.8, 4) is 0 Å². The summed E-state index contributed by atoms with van der Waals surface area (Å²) < 4.78 is 14.4. The fourth-order valence-corrected chi connectivity index (χ4v) is 2.10. The van der Waals surface area contributed by atoms with Crippen LogP contribution in [0.5, 0.6) is 0 Å². The van der Waals surface area contributed by atoms with Crippen LogP contribution in [0, 0.1) is 5.41 Å². The second-order valence-electron chi connectivity index (χ2n) is 5.74. The Labute approximate surface area is 101 Å². The number of halogens is 1. The van der Waals surface area contributed by atoms with E-state index in [1.54, 1.807) is 17.0 Å². The van der Waals surface area contributed by atoms with Crippen molar-refractivity contribution in [3.05, 3.63) is 35.9 Å². The van der Waals surface area contributed by atoms with Crippen molar-refractivity contribution in [3.63, 3.8) is 0 Å². The maximum atomic E-state index is 14.4. The van der Waals surface area contributed by atoms with Gasteiger partial charge in [-0.25, -0.2) is 4.39 Å². The number of hydrogen-bond acceptors (Lipinski definition) is 1. The topological polar surface area (TPSA) is 20.3 Å². The minimum atomic E-state index is -1.36. The average molecular weight is 235 g/mol. The third-order valence-corrected chi connectivity index (χ3v) is 3.10. The molecule has 0 radical (unpaired) electrons. The number of rotatable bonds is 1. The van der Waals surface area contributed by atoms with Gasteiger partial charge in [0.05, 0.1) is 13.1 Å². The van der Waals surface area contributed by atoms with Crippen LogP contribution in [0.25, 0.3) is 0 Å². The molecule has 1 aliphatic rings. The SMILES string of the molecule is CC(C)(C)C(=O)N1CC(F)(c2ccccc2)C1. The molecule has 1 amide bonds. The summed E-state index contributed by atoms with van der Waals surface area (Å²) in [7, 11) is 0. The minimum absolute atomic E-state index is 0.0155. The first-order chi connectivity index (χ1) is 7.83. The fourth-order valence-electron chi connectivity index (χ4n) is 2.10. The van der Waals surface area contributed by atoms with Crippen LogP contribution in [-0.4, -0.2) is 23.9 Å². The van der Waals surface area contributed by atoms with Crippen molar-refractivity contribution < 1.29 is 9.18 Å². The highest BCUT2D eigenvalue weighted by atomic mass is 19.1. The minimum Gasteiger partial charge on any atom is -0.335 e. The van der Waals surface area contributed by atoms with Gasteiger partial charge >= 0.3 is 0 Å². The molecule has 2 nitrogen and oxygen atoms in total. The summed E-state index contributed by atoms with van der Waals surface area (Å²) in [4.78, 5) is 13.5. The van der Waals surface area contributed by atoms with E-state index < -0.39 is 11.1 Å². The predicted octanol–water partition coefficient (Wildman–Crippen LogP) is 2.74. The molecular weight excluding hydrogens is 217 g/mol. The summed E-state index contributed by atoms with van der Waals surface area (Å²) in [5.74, 6) is 0.0155. The summed E-state index contributed by atoms with van der Waals surface area (Å²) in [6, 6.07) is 9.07. The van der Waals surface area contributed by atoms with Gasteiger partial charge in [-0.05, 0) is 5.56 Å². The van der Waals surface area contributed by atoms with E-state index >= 15 is 0 Å². The van der Waals surface area contributed by atoms with E-state index in [1.165, 1.54) is 0 Å². The monoisotopic (exact) mass is 235 g/mol. The van der Waals surface area contributed by atoms with Crippen LogP contribution >= 0.6 is 0 Å². The number of amides is 1. The fraction of sp³-hybridized carbons (Fsp3) is 0.500. The Kier molecular flexibility index (Phi) is 2.72. The van der Waals surface area contributed by atoms with Gasteiger partial charge in [-0.3, -0.25) is 4.79 Å². The molecule has 1 aromatic carbocycles. The van der Waals surface area contributed by atoms with Gasteiger partial charge in [0.25, 0.3) is 0 Å². The van der Waals surface area contributed by atoms with E-state index in [1.807, 2.05) is 39.0 Å². The third kappa shape index (κ3) is 2.19. The first-order valence-corrected chi connectivity index (χ1v) is 5.87. The third-order valence-electron chi connectivity index (χ3n) is 3.10. The van der Waals surface area contributed by atoms with Gasteiger partial charge in [-0.1, -0.05) is 51.1 Å². The Morgan fingerprint density at radius 2 is 1.76 bits per heavy atom. The van der Waals surface area contributed by atoms with Gasteiger partial charge in [0.1, 0.15) is 0 Å². The number of alkyl halides is 1. The lowest BCUT2D eigenvalue weighted by Gasteiger charge is -2.46. The molecule has 0 unspecified atom stereocenters. The molecule has 1 aromatic rings. The van der Waals surface area contributed by atoms with Gasteiger partial charge in [0, 0.05) is 5.41 Å². The highest BCUT2D eigenvalue weighted by Gasteiger charge is 2.48. The van der Waals surface area contributed by atoms with E-state index in [4.69, 9.17) is 0 Å². The summed E-state index contributed by atoms with van der Waals surface area (Å²) in [6.07, 6.45) is 0. The zero-order valence-electron chi connectivity index (χ0n) is 10.5. The summed E-state index contributed by atoms with van der Waals surface area (Å²) in [6.45, 7) is 5.92. The van der Waals surface area contributed by atoms with E-state index in [2.05, 4.69) is 0 Å². The highest BCUT2D eigenvalue weighted by Crippen LogP contribution is 2.37. The molecule has 0 N–H and O–H groups in total. The molecule has 2 rings (SSSR count). The number of carbonyl (C=O) groups excluding carboxylic acids is 1. The molecule has 1 heterocycles. The van der Waals surface area contributed by atoms with Gasteiger partial charge in [-0.2, -0.15) is 0 Å². The average Bonchev–Trinajstić information content (AvgIpc) is 2.24. The van der Waals surface area contributed by atoms with Gasteiger partial charge in [-0.15, -0.1) is 0 Å². The number of hydrogen-bond donors (Lipinski definition) is 0. The summed E-state index contributed by atoms with van der Waals surface area (Å²) >= 11 is 0. The quantitative estimate of drug-likeness (QED) is 0.733. The normalized spacial score (nSPS) is 18.7. The van der Waals surface area contributed by atoms with Crippen molar-refractivity contribution in [2.75, 3.05) is 13.1 Å². The van der Waals surface area contributed by atoms with Crippen LogP contribution in [0.3, 0.4) is 0 Å². The molecule has 3 heteroatoms. The smallest absolute Gasteiger partial charge is 0.228 e. The number of carbonyl (C=O) groups is 1. The van der Waals surface area contributed by atoms with E-state index in [-0.39, 0.29) is 19.0 Å². The lowest BCUT2D eigenvalue weighted by molar-refractivity contribution is -0.154. The van der Waals surface area contributed by atoms with Crippen molar-refractivity contribution in [2.45, 2.75) is 26.4 Å². The maximum absolute atomic E-state index is 14.4. The standard InChI is InChI=1S/C14H18FNO/c1-13(2,3)12(17)16-9-14(15,10-16)11-7-5-4-6-8-11/h4-8H,9-10H2,1-3H3. The van der Waals surface area contributed by atoms with E-state index in [9.17, 15) is 9.18 Å². The van der Waals surface area contributed by atoms with Crippen LogP contribution in [0.4, 0.5) is 4.39 Å². The van der Waals surface area contributed by atoms with Crippen LogP contribution in [0.15, 0.2) is 30.3 Å². The Hall–Kier alpha value is -1.38. The molecular formula is C14H18FNO. The zero-order valence-corrected chi connectivity index (χ0v) is 10.5. The first kappa shape index (κ1) is 12.1. The Bertz CT molecular complexity index is 416. The lowest BCUT2D eigenvalue weighted by Crippen LogP contribution is -2.61. The predicted molar refractivity (Wildman–Crippen MR) is 65.3 cm³/mol. The second kappa shape index (κ2) is 3.83. The zero-order chi connectivity index (χ0) is 12.7. The number of nitrogens with zero attached hydrogens (tertiary/aromatic N) is 1. The molecule has 0 bridgehead atoms. The second-order valence-corrected chi connectivity index (χ2v) is 5.74. The van der Waals surface area contributed by atoms with E-state index in [0.717, 1.165) is 0 Å². The molecule has 0 spiro atoms.